The predicted octanol–water partition coefficient (Wildman–Crippen LogP) is 1.91. The third-order valence-electron chi connectivity index (χ3n) is 3.44. The van der Waals surface area contributed by atoms with Crippen molar-refractivity contribution in [2.45, 2.75) is 20.4 Å². The normalized spacial score (nSPS) is 11.0. The highest BCUT2D eigenvalue weighted by atomic mass is 16.5. The molecule has 2 heterocycles. The third-order valence-corrected chi connectivity index (χ3v) is 3.44. The number of carbonyl (C=O) groups excluding carboxylic acids is 1. The van der Waals surface area contributed by atoms with Crippen LogP contribution < -0.4 is 5.43 Å². The van der Waals surface area contributed by atoms with Crippen LogP contribution in [0.3, 0.4) is 0 Å². The number of hydrazone groups is 1. The maximum Gasteiger partial charge on any atom is 0.271 e. The number of aryl methyl sites for hydroxylation is 1. The highest BCUT2D eigenvalue weighted by molar-refractivity contribution is 5.94. The van der Waals surface area contributed by atoms with Gasteiger partial charge in [0.05, 0.1) is 12.8 Å². The molecule has 0 aromatic carbocycles. The van der Waals surface area contributed by atoms with E-state index in [4.69, 9.17) is 4.74 Å². The summed E-state index contributed by atoms with van der Waals surface area (Å²) in [5.41, 5.74) is 6.25. The van der Waals surface area contributed by atoms with Gasteiger partial charge in [-0.25, -0.2) is 5.43 Å². The van der Waals surface area contributed by atoms with E-state index in [1.165, 1.54) is 0 Å². The fourth-order valence-electron chi connectivity index (χ4n) is 2.21. The van der Waals surface area contributed by atoms with Gasteiger partial charge in [-0.2, -0.15) is 5.10 Å². The molecule has 2 aromatic heterocycles. The second-order valence-electron chi connectivity index (χ2n) is 4.91. The zero-order chi connectivity index (χ0) is 15.9. The first-order valence-electron chi connectivity index (χ1n) is 7.02. The van der Waals surface area contributed by atoms with Crippen molar-refractivity contribution in [2.75, 3.05) is 13.7 Å². The van der Waals surface area contributed by atoms with E-state index in [1.807, 2.05) is 19.9 Å². The van der Waals surface area contributed by atoms with Crippen LogP contribution in [0.2, 0.25) is 0 Å². The number of amides is 1. The van der Waals surface area contributed by atoms with Crippen molar-refractivity contribution in [2.24, 2.45) is 5.10 Å². The van der Waals surface area contributed by atoms with Crippen molar-refractivity contribution < 1.29 is 9.53 Å². The largest absolute Gasteiger partial charge is 0.383 e. The molecule has 2 rings (SSSR count). The van der Waals surface area contributed by atoms with E-state index in [-0.39, 0.29) is 5.91 Å². The zero-order valence-electron chi connectivity index (χ0n) is 13.0. The first kappa shape index (κ1) is 15.9. The van der Waals surface area contributed by atoms with Crippen LogP contribution in [0.1, 0.15) is 27.3 Å². The van der Waals surface area contributed by atoms with Crippen LogP contribution >= 0.6 is 0 Å². The lowest BCUT2D eigenvalue weighted by Gasteiger charge is -2.08. The minimum atomic E-state index is -0.258. The smallest absolute Gasteiger partial charge is 0.271 e. The summed E-state index contributed by atoms with van der Waals surface area (Å²) in [6, 6.07) is 5.32. The number of carbonyl (C=O) groups is 1. The van der Waals surface area contributed by atoms with Crippen LogP contribution in [0.25, 0.3) is 0 Å². The Labute approximate surface area is 129 Å². The maximum atomic E-state index is 11.9. The molecule has 0 saturated carbocycles. The molecule has 0 saturated heterocycles. The summed E-state index contributed by atoms with van der Waals surface area (Å²) in [5, 5.41) is 4.02. The molecule has 1 N–H and O–H groups in total. The van der Waals surface area contributed by atoms with E-state index in [0.717, 1.165) is 23.5 Å². The van der Waals surface area contributed by atoms with Crippen LogP contribution in [-0.2, 0) is 11.3 Å². The maximum absolute atomic E-state index is 11.9. The highest BCUT2D eigenvalue weighted by Crippen LogP contribution is 2.13. The average Bonchev–Trinajstić information content (AvgIpc) is 2.80. The molecular formula is C16H20N4O2. The van der Waals surface area contributed by atoms with Gasteiger partial charge in [0.2, 0.25) is 0 Å². The molecule has 0 radical (unpaired) electrons. The molecule has 116 valence electrons. The Balaban J connectivity index is 2.03. The van der Waals surface area contributed by atoms with Crippen LogP contribution in [-0.4, -0.2) is 35.4 Å². The van der Waals surface area contributed by atoms with Crippen LogP contribution in [0.15, 0.2) is 35.7 Å². The Morgan fingerprint density at radius 2 is 2.14 bits per heavy atom. The number of aromatic nitrogens is 2. The first-order valence-corrected chi connectivity index (χ1v) is 7.02. The first-order chi connectivity index (χ1) is 10.6. The molecule has 0 aliphatic carbocycles. The Bertz CT molecular complexity index is 662. The number of hydrogen-bond acceptors (Lipinski definition) is 4. The number of pyridine rings is 1. The molecule has 1 amide bonds. The Kier molecular flexibility index (Phi) is 5.43. The second kappa shape index (κ2) is 7.51. The van der Waals surface area contributed by atoms with Gasteiger partial charge in [-0.3, -0.25) is 9.78 Å². The monoisotopic (exact) mass is 300 g/mol. The Hall–Kier alpha value is -2.47. The van der Waals surface area contributed by atoms with E-state index in [1.54, 1.807) is 37.9 Å². The van der Waals surface area contributed by atoms with Gasteiger partial charge in [-0.1, -0.05) is 0 Å². The molecule has 0 unspecified atom stereocenters. The second-order valence-corrected chi connectivity index (χ2v) is 4.91. The van der Waals surface area contributed by atoms with Crippen molar-refractivity contribution >= 4 is 12.1 Å². The van der Waals surface area contributed by atoms with E-state index in [9.17, 15) is 4.79 Å². The zero-order valence-corrected chi connectivity index (χ0v) is 13.0. The lowest BCUT2D eigenvalue weighted by atomic mass is 10.2. The molecule has 2 aromatic rings. The molecule has 22 heavy (non-hydrogen) atoms. The molecule has 0 aliphatic rings. The fourth-order valence-corrected chi connectivity index (χ4v) is 2.21. The van der Waals surface area contributed by atoms with Gasteiger partial charge in [0.15, 0.2) is 0 Å². The quantitative estimate of drug-likeness (QED) is 0.654. The number of nitrogens with zero attached hydrogens (tertiary/aromatic N) is 3. The summed E-state index contributed by atoms with van der Waals surface area (Å²) in [7, 11) is 1.69. The standard InChI is InChI=1S/C16H20N4O2/c1-12-10-15(13(2)20(12)8-9-22-3)11-18-19-16(21)14-4-6-17-7-5-14/h4-7,10-11H,8-9H2,1-3H3,(H,19,21)/b18-11+. The van der Waals surface area contributed by atoms with Gasteiger partial charge >= 0.3 is 0 Å². The molecule has 6 heteroatoms. The summed E-state index contributed by atoms with van der Waals surface area (Å²) in [6.07, 6.45) is 4.80. The topological polar surface area (TPSA) is 68.5 Å². The van der Waals surface area contributed by atoms with E-state index >= 15 is 0 Å². The summed E-state index contributed by atoms with van der Waals surface area (Å²) in [6.45, 7) is 5.52. The minimum Gasteiger partial charge on any atom is -0.383 e. The van der Waals surface area contributed by atoms with Crippen molar-refractivity contribution in [3.8, 4) is 0 Å². The van der Waals surface area contributed by atoms with Gasteiger partial charge < -0.3 is 9.30 Å². The van der Waals surface area contributed by atoms with Gasteiger partial charge in [0, 0.05) is 48.6 Å². The molecular weight excluding hydrogens is 280 g/mol. The predicted molar refractivity (Wildman–Crippen MR) is 85.1 cm³/mol. The van der Waals surface area contributed by atoms with Gasteiger partial charge in [-0.05, 0) is 32.0 Å². The van der Waals surface area contributed by atoms with Gasteiger partial charge in [-0.15, -0.1) is 0 Å². The number of ether oxygens (including phenoxy) is 1. The Morgan fingerprint density at radius 1 is 1.41 bits per heavy atom. The number of methoxy groups -OCH3 is 1. The van der Waals surface area contributed by atoms with E-state index < -0.39 is 0 Å². The number of rotatable bonds is 6. The Morgan fingerprint density at radius 3 is 2.82 bits per heavy atom. The fraction of sp³-hybridized carbons (Fsp3) is 0.312. The molecule has 6 nitrogen and oxygen atoms in total. The lowest BCUT2D eigenvalue weighted by Crippen LogP contribution is -2.17. The summed E-state index contributed by atoms with van der Waals surface area (Å²) in [4.78, 5) is 15.7. The average molecular weight is 300 g/mol. The van der Waals surface area contributed by atoms with Crippen molar-refractivity contribution in [3.05, 3.63) is 53.1 Å². The van der Waals surface area contributed by atoms with Crippen LogP contribution in [0.5, 0.6) is 0 Å². The van der Waals surface area contributed by atoms with Crippen molar-refractivity contribution in [3.63, 3.8) is 0 Å². The third kappa shape index (κ3) is 3.79. The summed E-state index contributed by atoms with van der Waals surface area (Å²) in [5.74, 6) is -0.258. The van der Waals surface area contributed by atoms with E-state index in [2.05, 4.69) is 20.1 Å². The summed E-state index contributed by atoms with van der Waals surface area (Å²) < 4.78 is 7.27. The summed E-state index contributed by atoms with van der Waals surface area (Å²) >= 11 is 0. The SMILES string of the molecule is COCCn1c(C)cc(/C=N/NC(=O)c2ccncc2)c1C. The van der Waals surface area contributed by atoms with Gasteiger partial charge in [0.25, 0.3) is 5.91 Å². The van der Waals surface area contributed by atoms with Crippen molar-refractivity contribution in [1.29, 1.82) is 0 Å². The van der Waals surface area contributed by atoms with Gasteiger partial charge in [0.1, 0.15) is 0 Å². The number of hydrogen-bond donors (Lipinski definition) is 1. The lowest BCUT2D eigenvalue weighted by molar-refractivity contribution is 0.0955. The number of nitrogens with one attached hydrogen (secondary N) is 1. The molecule has 0 atom stereocenters. The van der Waals surface area contributed by atoms with E-state index in [0.29, 0.717) is 12.2 Å². The highest BCUT2D eigenvalue weighted by Gasteiger charge is 2.07. The molecule has 0 fully saturated rings. The van der Waals surface area contributed by atoms with Crippen LogP contribution in [0, 0.1) is 13.8 Å². The molecule has 0 aliphatic heterocycles. The molecule has 0 spiro atoms. The minimum absolute atomic E-state index is 0.258. The molecule has 0 bridgehead atoms. The van der Waals surface area contributed by atoms with Crippen molar-refractivity contribution in [1.82, 2.24) is 15.0 Å². The van der Waals surface area contributed by atoms with Crippen LogP contribution in [0.4, 0.5) is 0 Å².